The van der Waals surface area contributed by atoms with Crippen molar-refractivity contribution in [2.75, 3.05) is 27.2 Å². The highest BCUT2D eigenvalue weighted by Gasteiger charge is 2.06. The highest BCUT2D eigenvalue weighted by Crippen LogP contribution is 2.23. The maximum atomic E-state index is 11.2. The molecule has 1 aromatic rings. The molecule has 0 bridgehead atoms. The van der Waals surface area contributed by atoms with Gasteiger partial charge in [-0.15, -0.1) is 0 Å². The van der Waals surface area contributed by atoms with Gasteiger partial charge in [-0.25, -0.2) is 0 Å². The summed E-state index contributed by atoms with van der Waals surface area (Å²) in [6.45, 7) is 3.24. The summed E-state index contributed by atoms with van der Waals surface area (Å²) >= 11 is 3.37. The zero-order valence-corrected chi connectivity index (χ0v) is 12.1. The van der Waals surface area contributed by atoms with Crippen LogP contribution in [0.25, 0.3) is 0 Å². The molecule has 17 heavy (non-hydrogen) atoms. The van der Waals surface area contributed by atoms with E-state index >= 15 is 0 Å². The Labute approximate surface area is 111 Å². The van der Waals surface area contributed by atoms with Crippen LogP contribution in [-0.4, -0.2) is 37.9 Å². The first-order valence-corrected chi connectivity index (χ1v) is 6.38. The average molecular weight is 300 g/mol. The molecule has 0 N–H and O–H groups in total. The van der Waals surface area contributed by atoms with Gasteiger partial charge in [0.2, 0.25) is 0 Å². The van der Waals surface area contributed by atoms with Gasteiger partial charge in [0.05, 0.1) is 6.61 Å². The monoisotopic (exact) mass is 299 g/mol. The lowest BCUT2D eigenvalue weighted by atomic mass is 10.1. The van der Waals surface area contributed by atoms with Gasteiger partial charge in [0, 0.05) is 16.6 Å². The molecule has 0 aliphatic rings. The Morgan fingerprint density at radius 2 is 2.12 bits per heavy atom. The van der Waals surface area contributed by atoms with E-state index in [1.54, 1.807) is 13.0 Å². The Morgan fingerprint density at radius 1 is 1.41 bits per heavy atom. The summed E-state index contributed by atoms with van der Waals surface area (Å²) in [5.74, 6) is 0.844. The van der Waals surface area contributed by atoms with Gasteiger partial charge in [0.15, 0.2) is 5.78 Å². The van der Waals surface area contributed by atoms with Crippen LogP contribution in [0.5, 0.6) is 5.75 Å². The summed E-state index contributed by atoms with van der Waals surface area (Å²) in [7, 11) is 4.08. The molecule has 0 aliphatic carbocycles. The van der Waals surface area contributed by atoms with Crippen LogP contribution in [0.4, 0.5) is 0 Å². The van der Waals surface area contributed by atoms with Gasteiger partial charge in [-0.3, -0.25) is 4.79 Å². The fourth-order valence-corrected chi connectivity index (χ4v) is 2.08. The molecule has 0 aromatic heterocycles. The summed E-state index contributed by atoms with van der Waals surface area (Å²) in [4.78, 5) is 13.4. The molecule has 0 amide bonds. The third kappa shape index (κ3) is 4.88. The normalized spacial score (nSPS) is 10.6. The van der Waals surface area contributed by atoms with Crippen LogP contribution in [0, 0.1) is 0 Å². The van der Waals surface area contributed by atoms with Crippen molar-refractivity contribution in [1.29, 1.82) is 0 Å². The van der Waals surface area contributed by atoms with Crippen molar-refractivity contribution in [3.8, 4) is 5.75 Å². The van der Waals surface area contributed by atoms with Gasteiger partial charge in [-0.1, -0.05) is 0 Å². The Bertz CT molecular complexity index is 391. The van der Waals surface area contributed by atoms with E-state index in [2.05, 4.69) is 20.8 Å². The highest BCUT2D eigenvalue weighted by atomic mass is 79.9. The number of rotatable bonds is 6. The van der Waals surface area contributed by atoms with Crippen molar-refractivity contribution in [3.05, 3.63) is 28.2 Å². The van der Waals surface area contributed by atoms with Gasteiger partial charge in [0.25, 0.3) is 0 Å². The number of hydrogen-bond acceptors (Lipinski definition) is 3. The molecule has 0 atom stereocenters. The molecular formula is C13H18BrNO2. The Kier molecular flexibility index (Phi) is 5.65. The van der Waals surface area contributed by atoms with Crippen LogP contribution in [-0.2, 0) is 0 Å². The number of ketones is 1. The first kappa shape index (κ1) is 14.2. The lowest BCUT2D eigenvalue weighted by Crippen LogP contribution is -2.15. The van der Waals surface area contributed by atoms with E-state index in [-0.39, 0.29) is 5.78 Å². The fourth-order valence-electron chi connectivity index (χ4n) is 1.44. The van der Waals surface area contributed by atoms with Gasteiger partial charge in [-0.05, 0) is 61.6 Å². The molecule has 4 heteroatoms. The highest BCUT2D eigenvalue weighted by molar-refractivity contribution is 9.10. The average Bonchev–Trinajstić information content (AvgIpc) is 2.23. The number of Topliss-reactive ketones (excluding diaryl/α,β-unsaturated/α-hetero) is 1. The summed E-state index contributed by atoms with van der Waals surface area (Å²) in [6.07, 6.45) is 0.985. The molecule has 0 unspecified atom stereocenters. The molecule has 1 rings (SSSR count). The van der Waals surface area contributed by atoms with E-state index in [9.17, 15) is 4.79 Å². The van der Waals surface area contributed by atoms with E-state index in [1.165, 1.54) is 0 Å². The van der Waals surface area contributed by atoms with Crippen LogP contribution in [0.15, 0.2) is 22.7 Å². The third-order valence-corrected chi connectivity index (χ3v) is 2.99. The zero-order valence-electron chi connectivity index (χ0n) is 10.5. The molecule has 0 saturated heterocycles. The van der Waals surface area contributed by atoms with Crippen LogP contribution < -0.4 is 4.74 Å². The van der Waals surface area contributed by atoms with Crippen molar-refractivity contribution in [2.24, 2.45) is 0 Å². The molecule has 0 aliphatic heterocycles. The lowest BCUT2D eigenvalue weighted by Gasteiger charge is -2.11. The summed E-state index contributed by atoms with van der Waals surface area (Å²) < 4.78 is 6.39. The number of carbonyl (C=O) groups excluding carboxylic acids is 1. The first-order chi connectivity index (χ1) is 8.00. The predicted octanol–water partition coefficient (Wildman–Crippen LogP) is 2.98. The minimum Gasteiger partial charge on any atom is -0.494 e. The van der Waals surface area contributed by atoms with E-state index in [0.29, 0.717) is 12.2 Å². The van der Waals surface area contributed by atoms with Crippen molar-refractivity contribution in [1.82, 2.24) is 4.90 Å². The van der Waals surface area contributed by atoms with Gasteiger partial charge in [0.1, 0.15) is 5.75 Å². The Balaban J connectivity index is 2.50. The molecule has 1 aromatic carbocycles. The van der Waals surface area contributed by atoms with E-state index < -0.39 is 0 Å². The van der Waals surface area contributed by atoms with Crippen LogP contribution in [0.2, 0.25) is 0 Å². The Morgan fingerprint density at radius 3 is 2.65 bits per heavy atom. The van der Waals surface area contributed by atoms with Crippen molar-refractivity contribution in [3.63, 3.8) is 0 Å². The second kappa shape index (κ2) is 6.77. The molecule has 0 fully saturated rings. The fraction of sp³-hybridized carbons (Fsp3) is 0.462. The number of nitrogens with zero attached hydrogens (tertiary/aromatic N) is 1. The predicted molar refractivity (Wildman–Crippen MR) is 72.8 cm³/mol. The molecule has 0 heterocycles. The molecule has 0 radical (unpaired) electrons. The lowest BCUT2D eigenvalue weighted by molar-refractivity contribution is 0.101. The van der Waals surface area contributed by atoms with E-state index in [4.69, 9.17) is 4.74 Å². The van der Waals surface area contributed by atoms with Crippen molar-refractivity contribution < 1.29 is 9.53 Å². The Hall–Kier alpha value is -0.870. The van der Waals surface area contributed by atoms with Crippen LogP contribution in [0.3, 0.4) is 0 Å². The number of ether oxygens (including phenoxy) is 1. The smallest absolute Gasteiger partial charge is 0.160 e. The molecular weight excluding hydrogens is 282 g/mol. The third-order valence-electron chi connectivity index (χ3n) is 2.34. The molecule has 94 valence electrons. The minimum atomic E-state index is 0.0519. The quantitative estimate of drug-likeness (QED) is 0.597. The molecule has 0 spiro atoms. The van der Waals surface area contributed by atoms with Gasteiger partial charge >= 0.3 is 0 Å². The van der Waals surface area contributed by atoms with Gasteiger partial charge < -0.3 is 9.64 Å². The van der Waals surface area contributed by atoms with Crippen molar-refractivity contribution in [2.45, 2.75) is 13.3 Å². The second-order valence-electron chi connectivity index (χ2n) is 4.20. The second-order valence-corrected chi connectivity index (χ2v) is 5.06. The number of hydrogen-bond donors (Lipinski definition) is 0. The number of halogens is 1. The minimum absolute atomic E-state index is 0.0519. The summed E-state index contributed by atoms with van der Waals surface area (Å²) in [6, 6.07) is 5.46. The number of benzene rings is 1. The van der Waals surface area contributed by atoms with Gasteiger partial charge in [-0.2, -0.15) is 0 Å². The topological polar surface area (TPSA) is 29.5 Å². The van der Waals surface area contributed by atoms with E-state index in [0.717, 1.165) is 23.2 Å². The first-order valence-electron chi connectivity index (χ1n) is 5.58. The van der Waals surface area contributed by atoms with Crippen LogP contribution >= 0.6 is 15.9 Å². The summed E-state index contributed by atoms with van der Waals surface area (Å²) in [5.41, 5.74) is 0.686. The number of carbonyl (C=O) groups is 1. The van der Waals surface area contributed by atoms with Crippen LogP contribution in [0.1, 0.15) is 23.7 Å². The summed E-state index contributed by atoms with van der Waals surface area (Å²) in [5, 5.41) is 0. The van der Waals surface area contributed by atoms with E-state index in [1.807, 2.05) is 26.2 Å². The SMILES string of the molecule is CC(=O)c1ccc(OCCCN(C)C)cc1Br. The molecule has 3 nitrogen and oxygen atoms in total. The zero-order chi connectivity index (χ0) is 12.8. The largest absolute Gasteiger partial charge is 0.494 e. The maximum Gasteiger partial charge on any atom is 0.160 e. The maximum absolute atomic E-state index is 11.2. The molecule has 0 saturated carbocycles. The van der Waals surface area contributed by atoms with Crippen molar-refractivity contribution >= 4 is 21.7 Å². The standard InChI is InChI=1S/C13H18BrNO2/c1-10(16)12-6-5-11(9-13(12)14)17-8-4-7-15(2)3/h5-6,9H,4,7-8H2,1-3H3.